The zero-order chi connectivity index (χ0) is 20.0. The number of rotatable bonds is 4. The summed E-state index contributed by atoms with van der Waals surface area (Å²) in [7, 11) is 3.40. The van der Waals surface area contributed by atoms with Crippen molar-refractivity contribution in [3.8, 4) is 5.75 Å². The largest absolute Gasteiger partial charge is 0.497 e. The average Bonchev–Trinajstić information content (AvgIpc) is 3.09. The Bertz CT molecular complexity index is 1230. The van der Waals surface area contributed by atoms with Crippen LogP contribution in [0.25, 0.3) is 21.8 Å². The van der Waals surface area contributed by atoms with Crippen LogP contribution >= 0.6 is 0 Å². The highest BCUT2D eigenvalue weighted by Gasteiger charge is 2.18. The van der Waals surface area contributed by atoms with Gasteiger partial charge in [0.25, 0.3) is 5.56 Å². The summed E-state index contributed by atoms with van der Waals surface area (Å²) < 4.78 is 8.67. The van der Waals surface area contributed by atoms with Crippen molar-refractivity contribution in [1.82, 2.24) is 14.3 Å². The van der Waals surface area contributed by atoms with E-state index in [1.807, 2.05) is 48.0 Å². The second kappa shape index (κ2) is 6.80. The molecule has 0 aliphatic carbocycles. The molecule has 1 N–H and O–H groups in total. The molecule has 6 heteroatoms. The van der Waals surface area contributed by atoms with Crippen molar-refractivity contribution in [2.45, 2.75) is 26.5 Å². The maximum atomic E-state index is 13.1. The molecule has 1 unspecified atom stereocenters. The minimum Gasteiger partial charge on any atom is -0.497 e. The number of hydrogen-bond acceptors (Lipinski definition) is 4. The van der Waals surface area contributed by atoms with Gasteiger partial charge < -0.3 is 9.84 Å². The van der Waals surface area contributed by atoms with Crippen molar-refractivity contribution in [2.75, 3.05) is 7.11 Å². The number of aliphatic hydroxyl groups is 1. The smallest absolute Gasteiger partial charge is 0.259 e. The van der Waals surface area contributed by atoms with Crippen LogP contribution < -0.4 is 10.3 Å². The molecular formula is C22H23N3O3. The van der Waals surface area contributed by atoms with Gasteiger partial charge in [0, 0.05) is 23.2 Å². The average molecular weight is 377 g/mol. The van der Waals surface area contributed by atoms with E-state index in [4.69, 9.17) is 4.74 Å². The van der Waals surface area contributed by atoms with E-state index in [1.54, 1.807) is 31.8 Å². The second-order valence-corrected chi connectivity index (χ2v) is 7.20. The summed E-state index contributed by atoms with van der Waals surface area (Å²) in [6.07, 6.45) is 1.10. The van der Waals surface area contributed by atoms with Gasteiger partial charge in [-0.05, 0) is 48.7 Å². The third-order valence-electron chi connectivity index (χ3n) is 5.19. The van der Waals surface area contributed by atoms with E-state index < -0.39 is 6.10 Å². The predicted octanol–water partition coefficient (Wildman–Crippen LogP) is 3.31. The Morgan fingerprint density at radius 2 is 1.89 bits per heavy atom. The normalized spacial score (nSPS) is 12.6. The SMILES string of the molecule is COc1ccc(Cn2ncc3c4c(C(C)O)cc(C)cc4c(=O)n(C)c32)cc1. The van der Waals surface area contributed by atoms with Crippen LogP contribution in [0.1, 0.15) is 29.7 Å². The van der Waals surface area contributed by atoms with Crippen LogP contribution in [-0.4, -0.2) is 26.6 Å². The van der Waals surface area contributed by atoms with Gasteiger partial charge in [0.15, 0.2) is 0 Å². The molecule has 0 saturated heterocycles. The predicted molar refractivity (Wildman–Crippen MR) is 110 cm³/mol. The number of pyridine rings is 1. The summed E-state index contributed by atoms with van der Waals surface area (Å²) in [5.74, 6) is 0.796. The standard InChI is InChI=1S/C22H23N3O3/c1-13-9-17(14(2)26)20-18(10-13)22(27)24(3)21-19(20)11-23-25(21)12-15-5-7-16(28-4)8-6-15/h5-11,14,26H,12H2,1-4H3. The number of hydrogen-bond donors (Lipinski definition) is 1. The van der Waals surface area contributed by atoms with E-state index in [-0.39, 0.29) is 5.56 Å². The molecule has 0 aliphatic rings. The van der Waals surface area contributed by atoms with E-state index >= 15 is 0 Å². The number of ether oxygens (including phenoxy) is 1. The van der Waals surface area contributed by atoms with Crippen LogP contribution in [0.2, 0.25) is 0 Å². The van der Waals surface area contributed by atoms with Gasteiger partial charge in [-0.25, -0.2) is 4.68 Å². The van der Waals surface area contributed by atoms with Gasteiger partial charge in [0.05, 0.1) is 26.0 Å². The molecule has 4 aromatic rings. The first-order chi connectivity index (χ1) is 13.4. The van der Waals surface area contributed by atoms with E-state index in [1.165, 1.54) is 0 Å². The van der Waals surface area contributed by atoms with Gasteiger partial charge in [-0.1, -0.05) is 18.2 Å². The number of aryl methyl sites for hydroxylation is 2. The van der Waals surface area contributed by atoms with Gasteiger partial charge in [0.1, 0.15) is 11.4 Å². The minimum atomic E-state index is -0.678. The molecular weight excluding hydrogens is 354 g/mol. The van der Waals surface area contributed by atoms with E-state index in [0.717, 1.165) is 38.9 Å². The fraction of sp³-hybridized carbons (Fsp3) is 0.273. The van der Waals surface area contributed by atoms with Crippen molar-refractivity contribution >= 4 is 21.8 Å². The summed E-state index contributed by atoms with van der Waals surface area (Å²) in [6, 6.07) is 11.6. The summed E-state index contributed by atoms with van der Waals surface area (Å²) in [6.45, 7) is 4.18. The lowest BCUT2D eigenvalue weighted by molar-refractivity contribution is 0.201. The first-order valence-electron chi connectivity index (χ1n) is 9.20. The molecule has 2 aromatic heterocycles. The highest BCUT2D eigenvalue weighted by molar-refractivity contribution is 6.06. The Morgan fingerprint density at radius 3 is 2.54 bits per heavy atom. The molecule has 0 aliphatic heterocycles. The fourth-order valence-electron chi connectivity index (χ4n) is 3.82. The Labute approximate surface area is 162 Å². The summed E-state index contributed by atoms with van der Waals surface area (Å²) in [5, 5.41) is 17.1. The van der Waals surface area contributed by atoms with Crippen LogP contribution in [0.5, 0.6) is 5.75 Å². The zero-order valence-electron chi connectivity index (χ0n) is 16.4. The summed E-state index contributed by atoms with van der Waals surface area (Å²) in [5.41, 5.74) is 3.40. The molecule has 0 bridgehead atoms. The molecule has 4 rings (SSSR count). The molecule has 0 radical (unpaired) electrons. The molecule has 0 spiro atoms. The first-order valence-corrected chi connectivity index (χ1v) is 9.20. The number of aromatic nitrogens is 3. The van der Waals surface area contributed by atoms with Gasteiger partial charge in [-0.2, -0.15) is 5.10 Å². The van der Waals surface area contributed by atoms with Gasteiger partial charge >= 0.3 is 0 Å². The highest BCUT2D eigenvalue weighted by atomic mass is 16.5. The fourth-order valence-corrected chi connectivity index (χ4v) is 3.82. The second-order valence-electron chi connectivity index (χ2n) is 7.20. The van der Waals surface area contributed by atoms with Gasteiger partial charge in [-0.3, -0.25) is 9.36 Å². The van der Waals surface area contributed by atoms with Crippen LogP contribution in [-0.2, 0) is 13.6 Å². The maximum Gasteiger partial charge on any atom is 0.259 e. The van der Waals surface area contributed by atoms with Gasteiger partial charge in [-0.15, -0.1) is 0 Å². The third kappa shape index (κ3) is 2.86. The van der Waals surface area contributed by atoms with Crippen molar-refractivity contribution < 1.29 is 9.84 Å². The third-order valence-corrected chi connectivity index (χ3v) is 5.19. The lowest BCUT2D eigenvalue weighted by atomic mass is 9.97. The highest BCUT2D eigenvalue weighted by Crippen LogP contribution is 2.31. The maximum absolute atomic E-state index is 13.1. The lowest BCUT2D eigenvalue weighted by Gasteiger charge is -2.14. The molecule has 144 valence electrons. The molecule has 28 heavy (non-hydrogen) atoms. The van der Waals surface area contributed by atoms with Crippen molar-refractivity contribution in [2.24, 2.45) is 7.05 Å². The number of fused-ring (bicyclic) bond motifs is 3. The molecule has 6 nitrogen and oxygen atoms in total. The topological polar surface area (TPSA) is 69.3 Å². The van der Waals surface area contributed by atoms with Crippen LogP contribution in [0, 0.1) is 6.92 Å². The number of aliphatic hydroxyl groups excluding tert-OH is 1. The monoisotopic (exact) mass is 377 g/mol. The Morgan fingerprint density at radius 1 is 1.18 bits per heavy atom. The van der Waals surface area contributed by atoms with Crippen molar-refractivity contribution in [3.63, 3.8) is 0 Å². The zero-order valence-corrected chi connectivity index (χ0v) is 16.4. The first kappa shape index (κ1) is 18.3. The lowest BCUT2D eigenvalue weighted by Crippen LogP contribution is -2.20. The molecule has 0 saturated carbocycles. The number of nitrogens with zero attached hydrogens (tertiary/aromatic N) is 3. The van der Waals surface area contributed by atoms with Crippen LogP contribution in [0.4, 0.5) is 0 Å². The molecule has 0 amide bonds. The quantitative estimate of drug-likeness (QED) is 0.592. The number of methoxy groups -OCH3 is 1. The Hall–Kier alpha value is -3.12. The van der Waals surface area contributed by atoms with Crippen molar-refractivity contribution in [3.05, 3.63) is 69.6 Å². The van der Waals surface area contributed by atoms with E-state index in [0.29, 0.717) is 11.9 Å². The van der Waals surface area contributed by atoms with E-state index in [2.05, 4.69) is 5.10 Å². The Kier molecular flexibility index (Phi) is 4.43. The number of benzene rings is 2. The van der Waals surface area contributed by atoms with Gasteiger partial charge in [0.2, 0.25) is 0 Å². The minimum absolute atomic E-state index is 0.0930. The summed E-state index contributed by atoms with van der Waals surface area (Å²) in [4.78, 5) is 13.1. The molecule has 1 atom stereocenters. The molecule has 2 aromatic carbocycles. The van der Waals surface area contributed by atoms with Crippen LogP contribution in [0.3, 0.4) is 0 Å². The van der Waals surface area contributed by atoms with Crippen LogP contribution in [0.15, 0.2) is 47.4 Å². The summed E-state index contributed by atoms with van der Waals surface area (Å²) >= 11 is 0. The molecule has 2 heterocycles. The van der Waals surface area contributed by atoms with E-state index in [9.17, 15) is 9.90 Å². The molecule has 0 fully saturated rings. The van der Waals surface area contributed by atoms with Crippen molar-refractivity contribution in [1.29, 1.82) is 0 Å². The Balaban J connectivity index is 1.97.